The summed E-state index contributed by atoms with van der Waals surface area (Å²) in [5.74, 6) is 1.92. The van der Waals surface area contributed by atoms with Crippen molar-refractivity contribution in [2.45, 2.75) is 38.6 Å². The molecule has 0 saturated carbocycles. The molecule has 1 aromatic carbocycles. The number of methoxy groups -OCH3 is 2. The van der Waals surface area contributed by atoms with E-state index >= 15 is 0 Å². The van der Waals surface area contributed by atoms with Crippen LogP contribution in [0.25, 0.3) is 11.3 Å². The van der Waals surface area contributed by atoms with Crippen LogP contribution in [-0.2, 0) is 7.05 Å². The summed E-state index contributed by atoms with van der Waals surface area (Å²) in [5, 5.41) is 11.7. The second-order valence-corrected chi connectivity index (χ2v) is 8.55. The average molecular weight is 455 g/mol. The lowest BCUT2D eigenvalue weighted by Crippen LogP contribution is -2.40. The number of nitrogens with one attached hydrogen (secondary N) is 1. The van der Waals surface area contributed by atoms with Gasteiger partial charge in [-0.3, -0.25) is 14.5 Å². The van der Waals surface area contributed by atoms with Crippen molar-refractivity contribution >= 4 is 5.91 Å². The number of hydrogen-bond donors (Lipinski definition) is 1. The van der Waals surface area contributed by atoms with E-state index in [1.165, 1.54) is 4.68 Å². The number of ether oxygens (including phenoxy) is 2. The predicted molar refractivity (Wildman–Crippen MR) is 123 cm³/mol. The molecular formula is C23H30N6O4. The number of aryl methyl sites for hydroxylation is 1. The van der Waals surface area contributed by atoms with E-state index in [0.717, 1.165) is 24.2 Å². The van der Waals surface area contributed by atoms with Crippen LogP contribution in [0.2, 0.25) is 0 Å². The highest BCUT2D eigenvalue weighted by atomic mass is 16.5. The molecule has 4 rings (SSSR count). The van der Waals surface area contributed by atoms with Crippen LogP contribution >= 0.6 is 0 Å². The second kappa shape index (κ2) is 9.13. The molecule has 1 saturated heterocycles. The van der Waals surface area contributed by atoms with E-state index in [1.807, 2.05) is 26.0 Å². The number of benzene rings is 1. The van der Waals surface area contributed by atoms with Gasteiger partial charge in [-0.1, -0.05) is 0 Å². The number of hydrogen-bond acceptors (Lipinski definition) is 6. The number of amides is 1. The minimum atomic E-state index is -0.131. The molecule has 176 valence electrons. The summed E-state index contributed by atoms with van der Waals surface area (Å²) in [6, 6.07) is 7.17. The van der Waals surface area contributed by atoms with Crippen molar-refractivity contribution in [3.63, 3.8) is 0 Å². The van der Waals surface area contributed by atoms with Gasteiger partial charge in [-0.15, -0.1) is 0 Å². The summed E-state index contributed by atoms with van der Waals surface area (Å²) in [6.07, 6.45) is 1.71. The van der Waals surface area contributed by atoms with Gasteiger partial charge in [0.2, 0.25) is 0 Å². The maximum absolute atomic E-state index is 13.3. The van der Waals surface area contributed by atoms with E-state index in [2.05, 4.69) is 15.3 Å². The van der Waals surface area contributed by atoms with Crippen LogP contribution < -0.4 is 15.2 Å². The van der Waals surface area contributed by atoms with Crippen molar-refractivity contribution in [3.8, 4) is 22.8 Å². The van der Waals surface area contributed by atoms with E-state index in [0.29, 0.717) is 36.0 Å². The number of rotatable bonds is 6. The van der Waals surface area contributed by atoms with Crippen molar-refractivity contribution < 1.29 is 14.3 Å². The molecule has 1 atom stereocenters. The lowest BCUT2D eigenvalue weighted by Gasteiger charge is -2.32. The summed E-state index contributed by atoms with van der Waals surface area (Å²) < 4.78 is 13.9. The average Bonchev–Trinajstić information content (AvgIpc) is 3.43. The third-order valence-corrected chi connectivity index (χ3v) is 6.06. The molecular weight excluding hydrogens is 424 g/mol. The number of carbonyl (C=O) groups is 1. The van der Waals surface area contributed by atoms with E-state index in [-0.39, 0.29) is 23.6 Å². The lowest BCUT2D eigenvalue weighted by atomic mass is 9.96. The maximum Gasteiger partial charge on any atom is 0.345 e. The first-order chi connectivity index (χ1) is 15.8. The monoisotopic (exact) mass is 454 g/mol. The fourth-order valence-electron chi connectivity index (χ4n) is 4.39. The predicted octanol–water partition coefficient (Wildman–Crippen LogP) is 2.59. The molecule has 2 aromatic heterocycles. The van der Waals surface area contributed by atoms with Gasteiger partial charge >= 0.3 is 5.69 Å². The number of aromatic amines is 1. The molecule has 10 nitrogen and oxygen atoms in total. The van der Waals surface area contributed by atoms with E-state index in [1.54, 1.807) is 42.9 Å². The molecule has 1 aliphatic heterocycles. The second-order valence-electron chi connectivity index (χ2n) is 8.55. The van der Waals surface area contributed by atoms with E-state index in [9.17, 15) is 9.59 Å². The van der Waals surface area contributed by atoms with Crippen molar-refractivity contribution in [2.24, 2.45) is 7.05 Å². The third kappa shape index (κ3) is 4.24. The van der Waals surface area contributed by atoms with Crippen LogP contribution in [0.5, 0.6) is 11.5 Å². The SMILES string of the molecule is COc1ccc(OC)c(-c2cc(C(=O)N3CCCC(c4nn(C)c(=O)n4C(C)C)C3)[nH]n2)c1. The molecule has 0 aliphatic carbocycles. The van der Waals surface area contributed by atoms with Gasteiger partial charge in [0.1, 0.15) is 23.0 Å². The summed E-state index contributed by atoms with van der Waals surface area (Å²) in [7, 11) is 4.85. The Morgan fingerprint density at radius 3 is 2.70 bits per heavy atom. The van der Waals surface area contributed by atoms with Crippen molar-refractivity contribution in [1.82, 2.24) is 29.4 Å². The normalized spacial score (nSPS) is 16.3. The zero-order valence-electron chi connectivity index (χ0n) is 19.7. The first-order valence-corrected chi connectivity index (χ1v) is 11.1. The van der Waals surface area contributed by atoms with Gasteiger partial charge in [0.05, 0.1) is 19.9 Å². The smallest absolute Gasteiger partial charge is 0.345 e. The summed E-state index contributed by atoms with van der Waals surface area (Å²) >= 11 is 0. The number of nitrogens with zero attached hydrogens (tertiary/aromatic N) is 5. The van der Waals surface area contributed by atoms with Gasteiger partial charge in [0, 0.05) is 37.7 Å². The molecule has 0 spiro atoms. The number of piperidine rings is 1. The van der Waals surface area contributed by atoms with Gasteiger partial charge < -0.3 is 14.4 Å². The first-order valence-electron chi connectivity index (χ1n) is 11.1. The van der Waals surface area contributed by atoms with Crippen LogP contribution in [0.1, 0.15) is 55.0 Å². The van der Waals surface area contributed by atoms with Gasteiger partial charge in [-0.2, -0.15) is 10.2 Å². The van der Waals surface area contributed by atoms with E-state index < -0.39 is 0 Å². The molecule has 1 fully saturated rings. The van der Waals surface area contributed by atoms with Gasteiger partial charge in [0.25, 0.3) is 5.91 Å². The molecule has 1 unspecified atom stereocenters. The summed E-state index contributed by atoms with van der Waals surface area (Å²) in [6.45, 7) is 5.08. The van der Waals surface area contributed by atoms with Crippen LogP contribution in [0, 0.1) is 0 Å². The fraction of sp³-hybridized carbons (Fsp3) is 0.478. The minimum Gasteiger partial charge on any atom is -0.497 e. The maximum atomic E-state index is 13.3. The molecule has 0 radical (unpaired) electrons. The Balaban J connectivity index is 1.57. The third-order valence-electron chi connectivity index (χ3n) is 6.06. The van der Waals surface area contributed by atoms with Gasteiger partial charge in [-0.05, 0) is 51.0 Å². The zero-order chi connectivity index (χ0) is 23.7. The molecule has 1 amide bonds. The Morgan fingerprint density at radius 2 is 2.00 bits per heavy atom. The Hall–Kier alpha value is -3.56. The van der Waals surface area contributed by atoms with Gasteiger partial charge in [-0.25, -0.2) is 9.48 Å². The number of carbonyl (C=O) groups excluding carboxylic acids is 1. The lowest BCUT2D eigenvalue weighted by molar-refractivity contribution is 0.0696. The summed E-state index contributed by atoms with van der Waals surface area (Å²) in [4.78, 5) is 27.6. The molecule has 1 N–H and O–H groups in total. The first kappa shape index (κ1) is 22.6. The Bertz CT molecular complexity index is 1210. The van der Waals surface area contributed by atoms with Crippen molar-refractivity contribution in [2.75, 3.05) is 27.3 Å². The van der Waals surface area contributed by atoms with Gasteiger partial charge in [0.15, 0.2) is 0 Å². The largest absolute Gasteiger partial charge is 0.497 e. The topological polar surface area (TPSA) is 107 Å². The highest BCUT2D eigenvalue weighted by molar-refractivity contribution is 5.93. The number of aromatic nitrogens is 5. The zero-order valence-corrected chi connectivity index (χ0v) is 19.7. The molecule has 33 heavy (non-hydrogen) atoms. The minimum absolute atomic E-state index is 0.000120. The Morgan fingerprint density at radius 1 is 1.21 bits per heavy atom. The number of likely N-dealkylation sites (tertiary alicyclic amines) is 1. The molecule has 0 bridgehead atoms. The van der Waals surface area contributed by atoms with Crippen molar-refractivity contribution in [1.29, 1.82) is 0 Å². The summed E-state index contributed by atoms with van der Waals surface area (Å²) in [5.41, 5.74) is 1.60. The fourth-order valence-corrected chi connectivity index (χ4v) is 4.39. The Labute approximate surface area is 192 Å². The van der Waals surface area contributed by atoms with Crippen LogP contribution in [0.3, 0.4) is 0 Å². The van der Waals surface area contributed by atoms with Crippen LogP contribution in [0.15, 0.2) is 29.1 Å². The molecule has 1 aliphatic rings. The van der Waals surface area contributed by atoms with Crippen LogP contribution in [0.4, 0.5) is 0 Å². The molecule has 10 heteroatoms. The van der Waals surface area contributed by atoms with Crippen molar-refractivity contribution in [3.05, 3.63) is 46.3 Å². The highest BCUT2D eigenvalue weighted by Crippen LogP contribution is 2.33. The van der Waals surface area contributed by atoms with E-state index in [4.69, 9.17) is 9.47 Å². The molecule has 3 aromatic rings. The van der Waals surface area contributed by atoms with Crippen LogP contribution in [-0.4, -0.2) is 62.7 Å². The highest BCUT2D eigenvalue weighted by Gasteiger charge is 2.31. The molecule has 3 heterocycles. The Kier molecular flexibility index (Phi) is 6.26. The standard InChI is InChI=1S/C23H30N6O4/c1-14(2)29-21(26-27(3)23(29)31)15-7-6-10-28(13-15)22(30)19-12-18(24-25-19)17-11-16(32-4)8-9-20(17)33-5/h8-9,11-12,14-15H,6-7,10,13H2,1-5H3,(H,24,25). The number of H-pyrrole nitrogens is 1. The quantitative estimate of drug-likeness (QED) is 0.614.